The Hall–Kier alpha value is -8.02. The molecule has 0 spiro atoms. The molecular weight excluding hydrogens is 721 g/mol. The maximum Gasteiger partial charge on any atom is 0.149 e. The largest absolute Gasteiger partial charge is 0.507 e. The van der Waals surface area contributed by atoms with Crippen LogP contribution in [0, 0.1) is 0 Å². The molecule has 11 aromatic rings. The Kier molecular flexibility index (Phi) is 8.23. The molecule has 0 atom stereocenters. The zero-order valence-corrected chi connectivity index (χ0v) is 31.9. The summed E-state index contributed by atoms with van der Waals surface area (Å²) in [5, 5.41) is 13.7. The number of aromatic hydroxyl groups is 1. The number of phenols is 1. The van der Waals surface area contributed by atoms with Crippen LogP contribution in [0.3, 0.4) is 0 Å². The van der Waals surface area contributed by atoms with E-state index in [9.17, 15) is 5.11 Å². The summed E-state index contributed by atoms with van der Waals surface area (Å²) < 4.78 is 4.53. The van der Waals surface area contributed by atoms with Crippen LogP contribution in [0.2, 0.25) is 0 Å². The molecule has 0 amide bonds. The fourth-order valence-corrected chi connectivity index (χ4v) is 8.64. The molecule has 0 radical (unpaired) electrons. The Balaban J connectivity index is 1.20. The molecule has 1 N–H and O–H groups in total. The summed E-state index contributed by atoms with van der Waals surface area (Å²) in [7, 11) is 0. The van der Waals surface area contributed by atoms with Gasteiger partial charge in [0.15, 0.2) is 0 Å². The van der Waals surface area contributed by atoms with Crippen molar-refractivity contribution in [1.29, 1.82) is 0 Å². The smallest absolute Gasteiger partial charge is 0.149 e. The quantitative estimate of drug-likeness (QED) is 0.176. The zero-order chi connectivity index (χ0) is 39.3. The Morgan fingerprint density at radius 2 is 1.02 bits per heavy atom. The number of benzene rings is 8. The van der Waals surface area contributed by atoms with Gasteiger partial charge < -0.3 is 9.67 Å². The van der Waals surface area contributed by atoms with Crippen molar-refractivity contribution in [3.8, 4) is 73.2 Å². The topological polar surface area (TPSA) is 55.9 Å². The van der Waals surface area contributed by atoms with E-state index in [1.54, 1.807) is 6.07 Å². The monoisotopic (exact) mass is 756 g/mol. The van der Waals surface area contributed by atoms with Gasteiger partial charge in [0, 0.05) is 39.3 Å². The molecule has 0 aliphatic rings. The fraction of sp³-hybridized carbons (Fsp3) is 0. The minimum absolute atomic E-state index is 0.170. The summed E-state index contributed by atoms with van der Waals surface area (Å²) in [6.07, 6.45) is 1.93. The number of para-hydroxylation sites is 5. The molecule has 0 aliphatic heterocycles. The molecule has 5 heteroatoms. The van der Waals surface area contributed by atoms with E-state index in [1.807, 2.05) is 30.5 Å². The number of nitrogens with zero attached hydrogens (tertiary/aromatic N) is 4. The summed E-state index contributed by atoms with van der Waals surface area (Å²) in [4.78, 5) is 10.6. The van der Waals surface area contributed by atoms with E-state index in [1.165, 1.54) is 5.39 Å². The second kappa shape index (κ2) is 14.2. The van der Waals surface area contributed by atoms with Crippen molar-refractivity contribution in [2.75, 3.05) is 0 Å². The van der Waals surface area contributed by atoms with E-state index in [2.05, 4.69) is 185 Å². The van der Waals surface area contributed by atoms with Crippen molar-refractivity contribution in [2.24, 2.45) is 0 Å². The van der Waals surface area contributed by atoms with Gasteiger partial charge in [0.05, 0.1) is 39.0 Å². The Labute approximate surface area is 341 Å². The van der Waals surface area contributed by atoms with Crippen LogP contribution < -0.4 is 0 Å². The van der Waals surface area contributed by atoms with Gasteiger partial charge in [-0.2, -0.15) is 0 Å². The number of imidazole rings is 1. The van der Waals surface area contributed by atoms with E-state index in [0.717, 1.165) is 83.5 Å². The van der Waals surface area contributed by atoms with Crippen LogP contribution in [0.4, 0.5) is 0 Å². The molecule has 0 aliphatic carbocycles. The normalized spacial score (nSPS) is 11.5. The zero-order valence-electron chi connectivity index (χ0n) is 31.9. The highest BCUT2D eigenvalue weighted by Gasteiger charge is 2.23. The van der Waals surface area contributed by atoms with Crippen molar-refractivity contribution in [2.45, 2.75) is 0 Å². The van der Waals surface area contributed by atoms with E-state index in [-0.39, 0.29) is 5.75 Å². The summed E-state index contributed by atoms with van der Waals surface area (Å²) in [5.41, 5.74) is 14.9. The van der Waals surface area contributed by atoms with Crippen LogP contribution in [-0.2, 0) is 0 Å². The molecule has 0 saturated heterocycles. The third kappa shape index (κ3) is 5.79. The maximum absolute atomic E-state index is 11.3. The SMILES string of the molecule is Oc1ccccc1-c1nc2c(-c3cc(-c4ccccc4)cc(-c4nccc5c6ccccc6n(-c6ccccc6)c45)c3)cccc2n1-c1ccccc1-c1ccccc1. The molecule has 8 aromatic carbocycles. The van der Waals surface area contributed by atoms with E-state index in [4.69, 9.17) is 9.97 Å². The summed E-state index contributed by atoms with van der Waals surface area (Å²) in [5.74, 6) is 0.830. The van der Waals surface area contributed by atoms with Crippen LogP contribution >= 0.6 is 0 Å². The van der Waals surface area contributed by atoms with Crippen molar-refractivity contribution in [3.05, 3.63) is 212 Å². The van der Waals surface area contributed by atoms with E-state index in [0.29, 0.717) is 11.4 Å². The molecule has 11 rings (SSSR count). The number of hydrogen-bond acceptors (Lipinski definition) is 3. The lowest BCUT2D eigenvalue weighted by atomic mass is 9.93. The van der Waals surface area contributed by atoms with Crippen molar-refractivity contribution >= 4 is 32.8 Å². The predicted octanol–water partition coefficient (Wildman–Crippen LogP) is 13.6. The highest BCUT2D eigenvalue weighted by molar-refractivity contribution is 6.13. The fourth-order valence-electron chi connectivity index (χ4n) is 8.64. The van der Waals surface area contributed by atoms with Crippen LogP contribution in [0.5, 0.6) is 5.75 Å². The molecule has 3 aromatic heterocycles. The van der Waals surface area contributed by atoms with Gasteiger partial charge >= 0.3 is 0 Å². The molecule has 0 unspecified atom stereocenters. The predicted molar refractivity (Wildman–Crippen MR) is 242 cm³/mol. The lowest BCUT2D eigenvalue weighted by molar-refractivity contribution is 0.477. The molecular formula is C54H36N4O. The van der Waals surface area contributed by atoms with Gasteiger partial charge in [-0.05, 0) is 89.0 Å². The molecule has 59 heavy (non-hydrogen) atoms. The minimum atomic E-state index is 0.170. The van der Waals surface area contributed by atoms with Gasteiger partial charge in [-0.1, -0.05) is 140 Å². The summed E-state index contributed by atoms with van der Waals surface area (Å²) in [6, 6.07) is 71.2. The van der Waals surface area contributed by atoms with Crippen molar-refractivity contribution in [3.63, 3.8) is 0 Å². The van der Waals surface area contributed by atoms with Gasteiger partial charge in [0.2, 0.25) is 0 Å². The van der Waals surface area contributed by atoms with Crippen LogP contribution in [0.25, 0.3) is 100 Å². The first-order valence-electron chi connectivity index (χ1n) is 19.8. The molecule has 5 nitrogen and oxygen atoms in total. The molecule has 278 valence electrons. The lowest BCUT2D eigenvalue weighted by Crippen LogP contribution is -2.00. The number of rotatable bonds is 7. The van der Waals surface area contributed by atoms with Gasteiger partial charge in [-0.3, -0.25) is 9.55 Å². The maximum atomic E-state index is 11.3. The first kappa shape index (κ1) is 34.2. The Morgan fingerprint density at radius 1 is 0.407 bits per heavy atom. The van der Waals surface area contributed by atoms with Crippen LogP contribution in [-0.4, -0.2) is 24.2 Å². The highest BCUT2D eigenvalue weighted by atomic mass is 16.3. The van der Waals surface area contributed by atoms with Gasteiger partial charge in [0.25, 0.3) is 0 Å². The minimum Gasteiger partial charge on any atom is -0.507 e. The van der Waals surface area contributed by atoms with E-state index >= 15 is 0 Å². The molecule has 0 saturated carbocycles. The third-order valence-electron chi connectivity index (χ3n) is 11.3. The van der Waals surface area contributed by atoms with Crippen LogP contribution in [0.1, 0.15) is 0 Å². The number of aromatic nitrogens is 4. The molecule has 3 heterocycles. The van der Waals surface area contributed by atoms with Gasteiger partial charge in [-0.15, -0.1) is 0 Å². The average molecular weight is 757 g/mol. The Morgan fingerprint density at radius 3 is 1.81 bits per heavy atom. The number of hydrogen-bond donors (Lipinski definition) is 1. The molecule has 0 bridgehead atoms. The number of fused-ring (bicyclic) bond motifs is 4. The number of phenolic OH excluding ortho intramolecular Hbond substituents is 1. The second-order valence-corrected chi connectivity index (χ2v) is 14.8. The lowest BCUT2D eigenvalue weighted by Gasteiger charge is -2.16. The molecule has 0 fully saturated rings. The van der Waals surface area contributed by atoms with Crippen molar-refractivity contribution < 1.29 is 5.11 Å². The van der Waals surface area contributed by atoms with Crippen LogP contribution in [0.15, 0.2) is 212 Å². The summed E-state index contributed by atoms with van der Waals surface area (Å²) >= 11 is 0. The highest BCUT2D eigenvalue weighted by Crippen LogP contribution is 2.43. The standard InChI is InChI=1S/C54H36N4O/c59-50-30-15-12-25-46(50)54-56-52-43(26-16-29-49(52)58(54)47-27-13-10-23-42(47)37-19-6-2-7-20-37)39-33-38(36-17-4-1-5-18-36)34-40(35-39)51-53-45(31-32-55-51)44-24-11-14-28-48(44)57(53)41-21-8-3-9-22-41/h1-35,59H. The number of pyridine rings is 1. The third-order valence-corrected chi connectivity index (χ3v) is 11.3. The van der Waals surface area contributed by atoms with Gasteiger partial charge in [-0.25, -0.2) is 4.98 Å². The first-order valence-corrected chi connectivity index (χ1v) is 19.8. The van der Waals surface area contributed by atoms with E-state index < -0.39 is 0 Å². The van der Waals surface area contributed by atoms with Gasteiger partial charge in [0.1, 0.15) is 11.6 Å². The van der Waals surface area contributed by atoms with Crippen molar-refractivity contribution in [1.82, 2.24) is 19.1 Å². The summed E-state index contributed by atoms with van der Waals surface area (Å²) in [6.45, 7) is 0. The Bertz CT molecular complexity index is 3330. The average Bonchev–Trinajstić information content (AvgIpc) is 3.86. The first-order chi connectivity index (χ1) is 29.2. The second-order valence-electron chi connectivity index (χ2n) is 14.8.